The number of aliphatic hydroxyl groups is 1. The number of hydrogen-bond donors (Lipinski definition) is 2. The average molecular weight is 566 g/mol. The van der Waals surface area contributed by atoms with E-state index >= 15 is 8.78 Å². The van der Waals surface area contributed by atoms with Crippen LogP contribution in [0.25, 0.3) is 0 Å². The highest BCUT2D eigenvalue weighted by atomic mass is 32.1. The van der Waals surface area contributed by atoms with Gasteiger partial charge in [0.05, 0.1) is 16.5 Å². The number of fused-ring (bicyclic) bond motifs is 5. The molecule has 0 aliphatic heterocycles. The number of aliphatic hydroxyl groups excluding tert-OH is 1. The van der Waals surface area contributed by atoms with Crippen molar-refractivity contribution in [3.05, 3.63) is 39.9 Å². The quantitative estimate of drug-likeness (QED) is 0.369. The molecule has 0 unspecified atom stereocenters. The lowest BCUT2D eigenvalue weighted by molar-refractivity contribution is -0.289. The van der Waals surface area contributed by atoms with Gasteiger partial charge in [-0.2, -0.15) is 0 Å². The van der Waals surface area contributed by atoms with Gasteiger partial charge < -0.3 is 19.7 Å². The summed E-state index contributed by atoms with van der Waals surface area (Å²) in [6, 6.07) is 0. The van der Waals surface area contributed by atoms with Gasteiger partial charge in [-0.3, -0.25) is 4.79 Å². The Kier molecular flexibility index (Phi) is 6.38. The minimum atomic E-state index is -2.35. The summed E-state index contributed by atoms with van der Waals surface area (Å²) in [5.74, 6) is -5.88. The first-order valence-corrected chi connectivity index (χ1v) is 14.1. The van der Waals surface area contributed by atoms with Gasteiger partial charge in [-0.25, -0.2) is 23.4 Å². The Morgan fingerprint density at radius 3 is 2.51 bits per heavy atom. The summed E-state index contributed by atoms with van der Waals surface area (Å²) in [5.41, 5.74) is -5.34. The summed E-state index contributed by atoms with van der Waals surface area (Å²) in [4.78, 5) is 41.7. The third-order valence-corrected chi connectivity index (χ3v) is 10.9. The first-order chi connectivity index (χ1) is 18.1. The van der Waals surface area contributed by atoms with Crippen LogP contribution in [0, 0.1) is 28.6 Å². The normalized spacial score (nSPS) is 42.8. The summed E-state index contributed by atoms with van der Waals surface area (Å²) in [6.07, 6.45) is -1.87. The number of allylic oxidation sites excluding steroid dienone is 4. The molecule has 8 nitrogen and oxygen atoms in total. The van der Waals surface area contributed by atoms with Crippen LogP contribution >= 0.6 is 11.3 Å². The number of hydrogen-bond acceptors (Lipinski definition) is 8. The van der Waals surface area contributed by atoms with Crippen molar-refractivity contribution < 1.29 is 42.9 Å². The Morgan fingerprint density at radius 1 is 1.21 bits per heavy atom. The predicted molar refractivity (Wildman–Crippen MR) is 137 cm³/mol. The number of alkyl halides is 2. The van der Waals surface area contributed by atoms with Crippen LogP contribution in [0.4, 0.5) is 13.6 Å². The highest BCUT2D eigenvalue weighted by Crippen LogP contribution is 2.71. The second-order valence-corrected chi connectivity index (χ2v) is 13.0. The molecule has 39 heavy (non-hydrogen) atoms. The molecule has 11 heteroatoms. The third kappa shape index (κ3) is 3.68. The van der Waals surface area contributed by atoms with Crippen LogP contribution < -0.4 is 0 Å². The second-order valence-electron chi connectivity index (χ2n) is 12.1. The van der Waals surface area contributed by atoms with Crippen molar-refractivity contribution >= 4 is 29.2 Å². The fourth-order valence-electron chi connectivity index (χ4n) is 7.91. The number of carboxylic acid groups (broad SMARTS) is 1. The molecule has 2 N–H and O–H groups in total. The fraction of sp³-hybridized carbons (Fsp3) is 0.643. The molecule has 0 amide bonds. The summed E-state index contributed by atoms with van der Waals surface area (Å²) in [5, 5.41) is 23.5. The number of ether oxygens (including phenoxy) is 2. The van der Waals surface area contributed by atoms with Gasteiger partial charge in [-0.1, -0.05) is 33.8 Å². The molecule has 3 fully saturated rings. The van der Waals surface area contributed by atoms with E-state index in [1.54, 1.807) is 13.8 Å². The van der Waals surface area contributed by atoms with E-state index in [1.807, 2.05) is 13.8 Å². The number of halogens is 2. The standard InChI is InChI=1S/C28H33F2NO7S/c1-13(2)22-31-20(12-39-22)23(34)37-28(38-24(35)36)14(3)8-16-17-10-19(29)18-9-15(32)6-7-25(18,4)27(17,30)21(33)11-26(16,28)5/h6-7,9,12-14,16-17,19,21,33H,8,10-11H2,1-5H3,(H,35,36)/t14-,16+,17+,19+,21+,25+,26+,27+,28+/m1/s1. The van der Waals surface area contributed by atoms with Crippen LogP contribution in [-0.2, 0) is 14.3 Å². The molecular weight excluding hydrogens is 532 g/mol. The number of carbonyl (C=O) groups excluding carboxylic acids is 2. The zero-order valence-corrected chi connectivity index (χ0v) is 23.3. The summed E-state index contributed by atoms with van der Waals surface area (Å²) in [6.45, 7) is 8.58. The lowest BCUT2D eigenvalue weighted by atomic mass is 9.45. The van der Waals surface area contributed by atoms with Crippen LogP contribution in [0.1, 0.15) is 75.3 Å². The van der Waals surface area contributed by atoms with Crippen molar-refractivity contribution in [3.8, 4) is 0 Å². The van der Waals surface area contributed by atoms with Crippen molar-refractivity contribution in [2.75, 3.05) is 0 Å². The molecule has 1 heterocycles. The molecule has 9 atom stereocenters. The van der Waals surface area contributed by atoms with Crippen LogP contribution in [0.5, 0.6) is 0 Å². The van der Waals surface area contributed by atoms with E-state index in [-0.39, 0.29) is 36.4 Å². The van der Waals surface area contributed by atoms with Crippen molar-refractivity contribution in [1.82, 2.24) is 4.98 Å². The highest BCUT2D eigenvalue weighted by Gasteiger charge is 2.78. The lowest BCUT2D eigenvalue weighted by Gasteiger charge is -2.62. The number of rotatable bonds is 4. The van der Waals surface area contributed by atoms with Gasteiger partial charge in [0.2, 0.25) is 0 Å². The zero-order valence-electron chi connectivity index (χ0n) is 22.4. The SMILES string of the molecule is CC(C)c1nc(C(=O)O[C@]2(OC(=O)O)[C@H](C)C[C@H]3[C@@H]4C[C@H](F)C5=CC(=O)C=C[C@]5(C)[C@@]4(F)[C@@H](O)C[C@@]32C)cs1. The monoisotopic (exact) mass is 565 g/mol. The summed E-state index contributed by atoms with van der Waals surface area (Å²) in [7, 11) is 0. The molecule has 0 bridgehead atoms. The Labute approximate surface area is 229 Å². The van der Waals surface area contributed by atoms with Crippen molar-refractivity contribution in [2.24, 2.45) is 28.6 Å². The Bertz CT molecular complexity index is 1290. The maximum absolute atomic E-state index is 17.4. The Morgan fingerprint density at radius 2 is 1.90 bits per heavy atom. The third-order valence-electron chi connectivity index (χ3n) is 9.78. The first-order valence-electron chi connectivity index (χ1n) is 13.2. The number of aromatic nitrogens is 1. The predicted octanol–water partition coefficient (Wildman–Crippen LogP) is 5.38. The van der Waals surface area contributed by atoms with Crippen molar-refractivity contribution in [1.29, 1.82) is 0 Å². The minimum absolute atomic E-state index is 0.00620. The van der Waals surface area contributed by atoms with E-state index in [4.69, 9.17) is 9.47 Å². The van der Waals surface area contributed by atoms with Crippen LogP contribution in [0.2, 0.25) is 0 Å². The van der Waals surface area contributed by atoms with E-state index in [1.165, 1.54) is 35.8 Å². The van der Waals surface area contributed by atoms with E-state index in [9.17, 15) is 24.6 Å². The summed E-state index contributed by atoms with van der Waals surface area (Å²) >= 11 is 1.27. The van der Waals surface area contributed by atoms with Crippen LogP contribution in [-0.4, -0.2) is 56.8 Å². The first kappa shape index (κ1) is 27.9. The molecular formula is C28H33F2NO7S. The number of nitrogens with zero attached hydrogens (tertiary/aromatic N) is 1. The van der Waals surface area contributed by atoms with E-state index in [2.05, 4.69) is 4.98 Å². The van der Waals surface area contributed by atoms with Gasteiger partial charge in [0.25, 0.3) is 5.79 Å². The van der Waals surface area contributed by atoms with Crippen LogP contribution in [0.15, 0.2) is 29.2 Å². The minimum Gasteiger partial charge on any atom is -0.450 e. The van der Waals surface area contributed by atoms with Gasteiger partial charge in [0, 0.05) is 28.5 Å². The molecule has 0 aromatic carbocycles. The Balaban J connectivity index is 1.59. The maximum atomic E-state index is 17.4. The number of carbonyl (C=O) groups is 3. The number of ketones is 1. The van der Waals surface area contributed by atoms with Gasteiger partial charge in [-0.05, 0) is 49.8 Å². The van der Waals surface area contributed by atoms with Crippen LogP contribution in [0.3, 0.4) is 0 Å². The second kappa shape index (κ2) is 8.92. The average Bonchev–Trinajstić information content (AvgIpc) is 3.41. The molecule has 4 aliphatic rings. The van der Waals surface area contributed by atoms with E-state index in [0.717, 1.165) is 6.08 Å². The molecule has 0 radical (unpaired) electrons. The molecule has 1 aromatic rings. The number of esters is 1. The topological polar surface area (TPSA) is 123 Å². The van der Waals surface area contributed by atoms with Gasteiger partial charge in [0.1, 0.15) is 6.17 Å². The van der Waals surface area contributed by atoms with E-state index in [0.29, 0.717) is 5.01 Å². The molecule has 3 saturated carbocycles. The lowest BCUT2D eigenvalue weighted by Crippen LogP contribution is -2.70. The molecule has 5 rings (SSSR count). The highest BCUT2D eigenvalue weighted by molar-refractivity contribution is 7.09. The smallest absolute Gasteiger partial charge is 0.450 e. The molecule has 0 saturated heterocycles. The van der Waals surface area contributed by atoms with Gasteiger partial charge >= 0.3 is 12.1 Å². The zero-order chi connectivity index (χ0) is 28.7. The van der Waals surface area contributed by atoms with E-state index < -0.39 is 70.2 Å². The van der Waals surface area contributed by atoms with Crippen molar-refractivity contribution in [3.63, 3.8) is 0 Å². The van der Waals surface area contributed by atoms with Gasteiger partial charge in [0.15, 0.2) is 17.1 Å². The molecule has 212 valence electrons. The summed E-state index contributed by atoms with van der Waals surface area (Å²) < 4.78 is 44.4. The fourth-order valence-corrected chi connectivity index (χ4v) is 8.71. The molecule has 4 aliphatic carbocycles. The Hall–Kier alpha value is -2.66. The molecule has 1 aromatic heterocycles. The maximum Gasteiger partial charge on any atom is 0.509 e. The molecule has 0 spiro atoms. The van der Waals surface area contributed by atoms with Gasteiger partial charge in [-0.15, -0.1) is 11.3 Å². The number of thiazole rings is 1. The largest absolute Gasteiger partial charge is 0.509 e. The van der Waals surface area contributed by atoms with Crippen molar-refractivity contribution in [2.45, 2.75) is 83.5 Å².